The van der Waals surface area contributed by atoms with E-state index in [2.05, 4.69) is 37.5 Å². The van der Waals surface area contributed by atoms with Gasteiger partial charge in [0.25, 0.3) is 0 Å². The summed E-state index contributed by atoms with van der Waals surface area (Å²) in [4.78, 5) is 16.3. The van der Waals surface area contributed by atoms with E-state index < -0.39 is 0 Å². The Kier molecular flexibility index (Phi) is 5.53. The van der Waals surface area contributed by atoms with Crippen molar-refractivity contribution in [3.63, 3.8) is 0 Å². The zero-order chi connectivity index (χ0) is 21.9. The Labute approximate surface area is 186 Å². The molecular formula is C23H26N8O. The van der Waals surface area contributed by atoms with Crippen LogP contribution in [0.3, 0.4) is 0 Å². The smallest absolute Gasteiger partial charge is 0.228 e. The van der Waals surface area contributed by atoms with E-state index in [1.807, 2.05) is 43.3 Å². The number of aromatic nitrogens is 6. The molecule has 0 aromatic carbocycles. The van der Waals surface area contributed by atoms with Crippen LogP contribution in [-0.4, -0.2) is 36.9 Å². The molecule has 2 N–H and O–H groups in total. The van der Waals surface area contributed by atoms with E-state index in [1.165, 1.54) is 0 Å². The van der Waals surface area contributed by atoms with Gasteiger partial charge in [-0.05, 0) is 38.3 Å². The average molecular weight is 431 g/mol. The number of hydrogen-bond donors (Lipinski definition) is 2. The normalized spacial score (nSPS) is 15.9. The monoisotopic (exact) mass is 430 g/mol. The van der Waals surface area contributed by atoms with Gasteiger partial charge in [0.05, 0.1) is 11.7 Å². The van der Waals surface area contributed by atoms with Crippen molar-refractivity contribution in [2.24, 2.45) is 0 Å². The zero-order valence-electron chi connectivity index (χ0n) is 18.2. The quantitative estimate of drug-likeness (QED) is 0.438. The maximum atomic E-state index is 5.74. The summed E-state index contributed by atoms with van der Waals surface area (Å²) in [6.07, 6.45) is 5.64. The standard InChI is InChI=1S/C23H26N8O/c1-3-7-16-13-21(26-22-12-15(2)28-29-22)27-23(25-16)31-11-6-9-19(31)20-14-18(30-32-20)17-8-4-5-10-24-17/h4-5,8,10,12-14,19H,3,6-7,9,11H2,1-2H3,(H2,25,26,27,28,29)/t19-/m0/s1. The van der Waals surface area contributed by atoms with Crippen LogP contribution in [0.1, 0.15) is 49.4 Å². The molecule has 0 unspecified atom stereocenters. The molecule has 0 radical (unpaired) electrons. The maximum absolute atomic E-state index is 5.74. The summed E-state index contributed by atoms with van der Waals surface area (Å²) < 4.78 is 5.74. The minimum Gasteiger partial charge on any atom is -0.358 e. The first kappa shape index (κ1) is 20.2. The summed E-state index contributed by atoms with van der Waals surface area (Å²) in [5.74, 6) is 2.99. The van der Waals surface area contributed by atoms with Crippen LogP contribution in [0.25, 0.3) is 11.4 Å². The summed E-state index contributed by atoms with van der Waals surface area (Å²) in [7, 11) is 0. The first-order valence-corrected chi connectivity index (χ1v) is 11.0. The topological polar surface area (TPSA) is 109 Å². The Balaban J connectivity index is 1.44. The van der Waals surface area contributed by atoms with E-state index in [1.54, 1.807) is 6.20 Å². The van der Waals surface area contributed by atoms with E-state index in [0.717, 1.165) is 72.4 Å². The SMILES string of the molecule is CCCc1cc(Nc2cc(C)[nH]n2)nc(N2CCC[C@H]2c2cc(-c3ccccn3)no2)n1. The van der Waals surface area contributed by atoms with Crippen LogP contribution in [0.15, 0.2) is 47.1 Å². The van der Waals surface area contributed by atoms with Crippen LogP contribution in [0.5, 0.6) is 0 Å². The Morgan fingerprint density at radius 3 is 2.88 bits per heavy atom. The van der Waals surface area contributed by atoms with Gasteiger partial charge in [-0.2, -0.15) is 10.1 Å². The van der Waals surface area contributed by atoms with Gasteiger partial charge in [0.1, 0.15) is 11.5 Å². The molecule has 4 aromatic rings. The number of aromatic amines is 1. The second kappa shape index (κ2) is 8.78. The number of H-pyrrole nitrogens is 1. The van der Waals surface area contributed by atoms with Crippen molar-refractivity contribution in [2.45, 2.75) is 45.6 Å². The molecule has 0 amide bonds. The number of hydrogen-bond acceptors (Lipinski definition) is 8. The van der Waals surface area contributed by atoms with E-state index in [9.17, 15) is 0 Å². The van der Waals surface area contributed by atoms with Gasteiger partial charge in [-0.15, -0.1) is 0 Å². The molecule has 5 rings (SSSR count). The van der Waals surface area contributed by atoms with Crippen LogP contribution in [0.2, 0.25) is 0 Å². The Morgan fingerprint density at radius 2 is 2.09 bits per heavy atom. The summed E-state index contributed by atoms with van der Waals surface area (Å²) in [6.45, 7) is 4.98. The summed E-state index contributed by atoms with van der Waals surface area (Å²) >= 11 is 0. The molecule has 0 saturated carbocycles. The fourth-order valence-corrected chi connectivity index (χ4v) is 4.06. The van der Waals surface area contributed by atoms with Crippen molar-refractivity contribution < 1.29 is 4.52 Å². The van der Waals surface area contributed by atoms with Crippen LogP contribution < -0.4 is 10.2 Å². The summed E-state index contributed by atoms with van der Waals surface area (Å²) in [5.41, 5.74) is 3.53. The summed E-state index contributed by atoms with van der Waals surface area (Å²) in [6, 6.07) is 11.7. The van der Waals surface area contributed by atoms with Crippen molar-refractivity contribution in [2.75, 3.05) is 16.8 Å². The molecule has 32 heavy (non-hydrogen) atoms. The molecule has 5 heterocycles. The van der Waals surface area contributed by atoms with Gasteiger partial charge in [0.2, 0.25) is 5.95 Å². The Morgan fingerprint density at radius 1 is 1.16 bits per heavy atom. The minimum atomic E-state index is 0.0392. The van der Waals surface area contributed by atoms with Crippen LogP contribution in [0, 0.1) is 6.92 Å². The molecule has 1 fully saturated rings. The molecule has 9 heteroatoms. The lowest BCUT2D eigenvalue weighted by Gasteiger charge is -2.23. The van der Waals surface area contributed by atoms with Gasteiger partial charge in [-0.1, -0.05) is 24.6 Å². The molecule has 4 aromatic heterocycles. The lowest BCUT2D eigenvalue weighted by Crippen LogP contribution is -2.25. The molecule has 164 valence electrons. The minimum absolute atomic E-state index is 0.0392. The third kappa shape index (κ3) is 4.18. The van der Waals surface area contributed by atoms with Crippen LogP contribution in [0.4, 0.5) is 17.6 Å². The van der Waals surface area contributed by atoms with Gasteiger partial charge < -0.3 is 14.7 Å². The predicted octanol–water partition coefficient (Wildman–Crippen LogP) is 4.60. The number of nitrogens with zero attached hydrogens (tertiary/aromatic N) is 6. The van der Waals surface area contributed by atoms with Crippen molar-refractivity contribution in [1.29, 1.82) is 0 Å². The Hall–Kier alpha value is -3.75. The summed E-state index contributed by atoms with van der Waals surface area (Å²) in [5, 5.41) is 14.8. The van der Waals surface area contributed by atoms with Crippen molar-refractivity contribution in [3.8, 4) is 11.4 Å². The molecule has 0 aliphatic carbocycles. The van der Waals surface area contributed by atoms with Gasteiger partial charge in [0.15, 0.2) is 11.6 Å². The average Bonchev–Trinajstić information content (AvgIpc) is 3.55. The highest BCUT2D eigenvalue weighted by molar-refractivity contribution is 5.56. The highest BCUT2D eigenvalue weighted by Gasteiger charge is 2.32. The van der Waals surface area contributed by atoms with Crippen molar-refractivity contribution in [1.82, 2.24) is 30.3 Å². The van der Waals surface area contributed by atoms with Crippen LogP contribution >= 0.6 is 0 Å². The number of pyridine rings is 1. The number of rotatable bonds is 7. The fourth-order valence-electron chi connectivity index (χ4n) is 4.06. The molecule has 1 aliphatic heterocycles. The van der Waals surface area contributed by atoms with Gasteiger partial charge in [0, 0.05) is 42.3 Å². The first-order valence-electron chi connectivity index (χ1n) is 11.0. The van der Waals surface area contributed by atoms with E-state index in [0.29, 0.717) is 5.95 Å². The van der Waals surface area contributed by atoms with Crippen molar-refractivity contribution in [3.05, 3.63) is 59.7 Å². The van der Waals surface area contributed by atoms with Crippen LogP contribution in [-0.2, 0) is 6.42 Å². The molecule has 0 bridgehead atoms. The molecule has 1 aliphatic rings. The fraction of sp³-hybridized carbons (Fsp3) is 0.348. The second-order valence-electron chi connectivity index (χ2n) is 8.04. The second-order valence-corrected chi connectivity index (χ2v) is 8.04. The molecule has 0 spiro atoms. The van der Waals surface area contributed by atoms with Crippen molar-refractivity contribution >= 4 is 17.6 Å². The highest BCUT2D eigenvalue weighted by atomic mass is 16.5. The van der Waals surface area contributed by atoms with E-state index in [-0.39, 0.29) is 6.04 Å². The molecule has 1 atom stereocenters. The van der Waals surface area contributed by atoms with E-state index in [4.69, 9.17) is 14.5 Å². The van der Waals surface area contributed by atoms with Gasteiger partial charge in [-0.3, -0.25) is 10.1 Å². The Bertz CT molecular complexity index is 1190. The third-order valence-corrected chi connectivity index (χ3v) is 5.53. The first-order chi connectivity index (χ1) is 15.7. The number of aryl methyl sites for hydroxylation is 2. The highest BCUT2D eigenvalue weighted by Crippen LogP contribution is 2.36. The third-order valence-electron chi connectivity index (χ3n) is 5.53. The van der Waals surface area contributed by atoms with Gasteiger partial charge in [-0.25, -0.2) is 4.98 Å². The zero-order valence-corrected chi connectivity index (χ0v) is 18.2. The molecular weight excluding hydrogens is 404 g/mol. The largest absolute Gasteiger partial charge is 0.358 e. The number of nitrogens with one attached hydrogen (secondary N) is 2. The molecule has 9 nitrogen and oxygen atoms in total. The maximum Gasteiger partial charge on any atom is 0.228 e. The lowest BCUT2D eigenvalue weighted by molar-refractivity contribution is 0.362. The predicted molar refractivity (Wildman–Crippen MR) is 122 cm³/mol. The number of anilines is 3. The van der Waals surface area contributed by atoms with Gasteiger partial charge >= 0.3 is 0 Å². The van der Waals surface area contributed by atoms with E-state index >= 15 is 0 Å². The lowest BCUT2D eigenvalue weighted by atomic mass is 10.1. The molecule has 1 saturated heterocycles.